The summed E-state index contributed by atoms with van der Waals surface area (Å²) in [6, 6.07) is 51.5. The van der Waals surface area contributed by atoms with Gasteiger partial charge in [0.05, 0.1) is 38.1 Å². The van der Waals surface area contributed by atoms with Crippen molar-refractivity contribution in [2.45, 2.75) is 108 Å². The van der Waals surface area contributed by atoms with Gasteiger partial charge in [0.25, 0.3) is 0 Å². The summed E-state index contributed by atoms with van der Waals surface area (Å²) in [6.07, 6.45) is 18.7. The van der Waals surface area contributed by atoms with Crippen molar-refractivity contribution in [2.24, 2.45) is 40.0 Å². The molecule has 8 heteroatoms. The average Bonchev–Trinajstić information content (AvgIpc) is 2.58. The van der Waals surface area contributed by atoms with Crippen LogP contribution in [0.3, 0.4) is 0 Å². The molecule has 0 bridgehead atoms. The third-order valence-electron chi connectivity index (χ3n) is 16.3. The van der Waals surface area contributed by atoms with E-state index in [-0.39, 0.29) is 0 Å². The standard InChI is InChI=1S/2C20H23N2.2C19H21N2/c1-14(2)11-17-10-9-16-13-22(4)20(12-19(16)21-17)18-8-6-5-7-15(18)3;1-14(2)11-16-9-10-21-19-12-20(22(4)13-18(16)19)17-8-6-5-7-15(17)3;1-13(2)17-11-20-10-15-9-19(21(4)12-18(15)17)16-8-6-5-7-14(16)3;1-13(2)15-9-10-20-18-11-19(21(4)12-17(15)18)16-8-6-5-7-14(16)3/h2*5-10,12-14H,11H2,1-4H3;2*5-13H,1-4H3/q4*+1. The van der Waals surface area contributed by atoms with Crippen molar-refractivity contribution in [1.82, 2.24) is 19.9 Å². The van der Waals surface area contributed by atoms with E-state index in [1.54, 1.807) is 0 Å². The van der Waals surface area contributed by atoms with Crippen LogP contribution in [-0.2, 0) is 41.0 Å². The second kappa shape index (κ2) is 27.4. The first-order chi connectivity index (χ1) is 41.3. The van der Waals surface area contributed by atoms with Gasteiger partial charge in [0.1, 0.15) is 28.2 Å². The Bertz CT molecular complexity index is 4170. The van der Waals surface area contributed by atoms with Crippen LogP contribution in [0.15, 0.2) is 195 Å². The van der Waals surface area contributed by atoms with E-state index in [0.29, 0.717) is 23.7 Å². The number of rotatable bonds is 10. The summed E-state index contributed by atoms with van der Waals surface area (Å²) in [6.45, 7) is 26.5. The number of hydrogen-bond donors (Lipinski definition) is 0. The van der Waals surface area contributed by atoms with E-state index < -0.39 is 0 Å². The molecule has 0 aliphatic rings. The summed E-state index contributed by atoms with van der Waals surface area (Å²) in [5, 5.41) is 6.19. The molecule has 86 heavy (non-hydrogen) atoms. The molecular weight excluding hydrogens is 1050 g/mol. The zero-order valence-electron chi connectivity index (χ0n) is 53.8. The fourth-order valence-corrected chi connectivity index (χ4v) is 11.7. The minimum Gasteiger partial charge on any atom is -0.264 e. The first-order valence-corrected chi connectivity index (χ1v) is 30.6. The number of nitrogens with zero attached hydrogens (tertiary/aromatic N) is 8. The highest BCUT2D eigenvalue weighted by atomic mass is 14.9. The Hall–Kier alpha value is -8.88. The van der Waals surface area contributed by atoms with E-state index in [4.69, 9.17) is 4.98 Å². The summed E-state index contributed by atoms with van der Waals surface area (Å²) in [7, 11) is 8.45. The highest BCUT2D eigenvalue weighted by Crippen LogP contribution is 2.31. The molecule has 8 heterocycles. The summed E-state index contributed by atoms with van der Waals surface area (Å²) >= 11 is 0. The highest BCUT2D eigenvalue weighted by molar-refractivity contribution is 5.87. The molecule has 0 atom stereocenters. The Morgan fingerprint density at radius 3 is 1.27 bits per heavy atom. The van der Waals surface area contributed by atoms with Crippen LogP contribution in [0.25, 0.3) is 88.5 Å². The van der Waals surface area contributed by atoms with Gasteiger partial charge in [-0.3, -0.25) is 19.9 Å². The Balaban J connectivity index is 0.000000137. The maximum Gasteiger partial charge on any atom is 0.214 e. The van der Waals surface area contributed by atoms with Crippen molar-refractivity contribution in [3.63, 3.8) is 0 Å². The second-order valence-electron chi connectivity index (χ2n) is 24.8. The van der Waals surface area contributed by atoms with E-state index in [9.17, 15) is 0 Å². The molecule has 8 nitrogen and oxygen atoms in total. The van der Waals surface area contributed by atoms with Gasteiger partial charge in [-0.05, 0) is 152 Å². The lowest BCUT2D eigenvalue weighted by Gasteiger charge is -2.10. The molecule has 0 amide bonds. The van der Waals surface area contributed by atoms with E-state index in [1.165, 1.54) is 117 Å². The first kappa shape index (κ1) is 61.7. The van der Waals surface area contributed by atoms with Gasteiger partial charge in [-0.15, -0.1) is 0 Å². The van der Waals surface area contributed by atoms with Crippen LogP contribution in [-0.4, -0.2) is 19.9 Å². The third-order valence-corrected chi connectivity index (χ3v) is 16.3. The fraction of sp³-hybridized carbons (Fsp3) is 0.282. The molecule has 0 fully saturated rings. The van der Waals surface area contributed by atoms with Crippen LogP contribution in [0.5, 0.6) is 0 Å². The van der Waals surface area contributed by atoms with Gasteiger partial charge in [-0.25, -0.2) is 18.3 Å². The summed E-state index contributed by atoms with van der Waals surface area (Å²) in [5.41, 5.74) is 23.5. The normalized spacial score (nSPS) is 11.3. The van der Waals surface area contributed by atoms with E-state index >= 15 is 0 Å². The Labute approximate surface area is 511 Å². The zero-order valence-corrected chi connectivity index (χ0v) is 53.8. The Morgan fingerprint density at radius 1 is 0.372 bits per heavy atom. The Morgan fingerprint density at radius 2 is 0.791 bits per heavy atom. The summed E-state index contributed by atoms with van der Waals surface area (Å²) < 4.78 is 8.83. The maximum absolute atomic E-state index is 4.86. The maximum atomic E-state index is 4.86. The van der Waals surface area contributed by atoms with E-state index in [1.807, 2.05) is 24.8 Å². The third kappa shape index (κ3) is 14.3. The number of hydrogen-bond acceptors (Lipinski definition) is 4. The van der Waals surface area contributed by atoms with Crippen molar-refractivity contribution in [3.05, 3.63) is 240 Å². The van der Waals surface area contributed by atoms with Gasteiger partial charge in [0, 0.05) is 82.4 Å². The van der Waals surface area contributed by atoms with E-state index in [0.717, 1.165) is 29.4 Å². The Kier molecular flexibility index (Phi) is 19.7. The first-order valence-electron chi connectivity index (χ1n) is 30.6. The number of aryl methyl sites for hydroxylation is 8. The molecular formula is C78H88N8+4. The van der Waals surface area contributed by atoms with Gasteiger partial charge >= 0.3 is 0 Å². The summed E-state index contributed by atoms with van der Waals surface area (Å²) in [5.74, 6) is 2.25. The molecule has 0 aliphatic carbocycles. The molecule has 0 saturated carbocycles. The van der Waals surface area contributed by atoms with Crippen LogP contribution in [0, 0.1) is 39.5 Å². The monoisotopic (exact) mass is 1140 g/mol. The number of pyridine rings is 8. The molecule has 0 N–H and O–H groups in total. The zero-order chi connectivity index (χ0) is 61.3. The van der Waals surface area contributed by atoms with Crippen molar-refractivity contribution in [1.29, 1.82) is 0 Å². The van der Waals surface area contributed by atoms with Crippen molar-refractivity contribution in [2.75, 3.05) is 0 Å². The van der Waals surface area contributed by atoms with E-state index in [2.05, 4.69) is 315 Å². The molecule has 8 aromatic heterocycles. The van der Waals surface area contributed by atoms with Crippen molar-refractivity contribution in [3.8, 4) is 45.0 Å². The highest BCUT2D eigenvalue weighted by Gasteiger charge is 2.21. The van der Waals surface area contributed by atoms with Crippen LogP contribution < -0.4 is 18.3 Å². The molecule has 0 unspecified atom stereocenters. The second-order valence-corrected chi connectivity index (χ2v) is 24.8. The molecule has 4 aromatic carbocycles. The smallest absolute Gasteiger partial charge is 0.214 e. The molecule has 436 valence electrons. The molecule has 12 aromatic rings. The topological polar surface area (TPSA) is 67.1 Å². The van der Waals surface area contributed by atoms with Crippen LogP contribution in [0.4, 0.5) is 0 Å². The van der Waals surface area contributed by atoms with Gasteiger partial charge < -0.3 is 0 Å². The number of aromatic nitrogens is 8. The number of benzene rings is 4. The minimum atomic E-state index is 0.477. The minimum absolute atomic E-state index is 0.477. The lowest BCUT2D eigenvalue weighted by molar-refractivity contribution is -0.659. The number of fused-ring (bicyclic) bond motifs is 4. The van der Waals surface area contributed by atoms with Crippen LogP contribution in [0.2, 0.25) is 0 Å². The van der Waals surface area contributed by atoms with Crippen LogP contribution in [0.1, 0.15) is 112 Å². The lowest BCUT2D eigenvalue weighted by Crippen LogP contribution is -2.31. The predicted octanol–water partition coefficient (Wildman–Crippen LogP) is 16.8. The summed E-state index contributed by atoms with van der Waals surface area (Å²) in [4.78, 5) is 18.4. The molecule has 12 rings (SSSR count). The predicted molar refractivity (Wildman–Crippen MR) is 358 cm³/mol. The quantitative estimate of drug-likeness (QED) is 0.128. The molecule has 0 radical (unpaired) electrons. The van der Waals surface area contributed by atoms with Gasteiger partial charge in [0.15, 0.2) is 24.8 Å². The molecule has 0 saturated heterocycles. The average molecular weight is 1140 g/mol. The van der Waals surface area contributed by atoms with Crippen LogP contribution >= 0.6 is 0 Å². The van der Waals surface area contributed by atoms with Crippen molar-refractivity contribution >= 4 is 43.5 Å². The van der Waals surface area contributed by atoms with Gasteiger partial charge in [-0.1, -0.05) is 128 Å². The lowest BCUT2D eigenvalue weighted by atomic mass is 9.98. The van der Waals surface area contributed by atoms with Gasteiger partial charge in [0.2, 0.25) is 22.8 Å². The SMILES string of the molecule is Cc1ccccc1-c1cc2cncc(C(C)C)c2c[n+]1C.Cc1ccccc1-c1cc2nc(CC(C)C)ccc2c[n+]1C.Cc1ccccc1-c1cc2nccc(C(C)C)c2c[n+]1C.Cc1ccccc1-c1cc2nccc(CC(C)C)c2c[n+]1C. The largest absolute Gasteiger partial charge is 0.264 e. The molecule has 0 spiro atoms. The van der Waals surface area contributed by atoms with Crippen molar-refractivity contribution < 1.29 is 18.3 Å². The fourth-order valence-electron chi connectivity index (χ4n) is 11.7. The van der Waals surface area contributed by atoms with Gasteiger partial charge in [-0.2, -0.15) is 0 Å². The molecule has 0 aliphatic heterocycles.